The number of rotatable bonds is 3. The normalized spacial score (nSPS) is 11.0. The van der Waals surface area contributed by atoms with Crippen molar-refractivity contribution in [2.24, 2.45) is 0 Å². The molecule has 4 heteroatoms. The zero-order valence-electron chi connectivity index (χ0n) is 10.1. The number of hydrogen-bond acceptors (Lipinski definition) is 3. The maximum atomic E-state index is 10.3. The molecule has 92 valence electrons. The molecule has 0 radical (unpaired) electrons. The summed E-state index contributed by atoms with van der Waals surface area (Å²) in [4.78, 5) is 10.3. The van der Waals surface area contributed by atoms with Crippen LogP contribution >= 0.6 is 0 Å². The van der Waals surface area contributed by atoms with Crippen LogP contribution in [0.4, 0.5) is 0 Å². The molecule has 1 rings (SSSR count). The first-order valence-corrected chi connectivity index (χ1v) is 5.26. The van der Waals surface area contributed by atoms with Crippen molar-refractivity contribution in [1.82, 2.24) is 0 Å². The number of carboxylic acids is 1. The van der Waals surface area contributed by atoms with Crippen molar-refractivity contribution in [2.45, 2.75) is 27.2 Å². The number of aliphatic carboxylic acids is 1. The van der Waals surface area contributed by atoms with Crippen molar-refractivity contribution < 1.29 is 20.1 Å². The van der Waals surface area contributed by atoms with Gasteiger partial charge in [-0.15, -0.1) is 0 Å². The lowest BCUT2D eigenvalue weighted by molar-refractivity contribution is -0.131. The van der Waals surface area contributed by atoms with Gasteiger partial charge in [-0.25, -0.2) is 4.79 Å². The Morgan fingerprint density at radius 3 is 2.12 bits per heavy atom. The summed E-state index contributed by atoms with van der Waals surface area (Å²) in [5.41, 5.74) is 2.40. The Morgan fingerprint density at radius 1 is 1.06 bits per heavy atom. The maximum Gasteiger partial charge on any atom is 0.327 e. The molecule has 0 spiro atoms. The molecule has 0 aliphatic rings. The van der Waals surface area contributed by atoms with Crippen LogP contribution in [0.3, 0.4) is 0 Å². The van der Waals surface area contributed by atoms with Crippen LogP contribution in [0.5, 0.6) is 11.5 Å². The van der Waals surface area contributed by atoms with Crippen LogP contribution < -0.4 is 0 Å². The molecule has 1 aromatic carbocycles. The Morgan fingerprint density at radius 2 is 1.59 bits per heavy atom. The molecule has 4 nitrogen and oxygen atoms in total. The standard InChI is InChI=1S/C13H16O4/c1-7-8(2)13(17)10(9(3)12(7)16)5-4-6-11(14)15/h4,6,16-17H,5H2,1-3H3,(H,14,15)/b6-4+. The first kappa shape index (κ1) is 13.1. The fraction of sp³-hybridized carbons (Fsp3) is 0.308. The number of carboxylic acid groups (broad SMARTS) is 1. The van der Waals surface area contributed by atoms with Crippen molar-refractivity contribution in [3.63, 3.8) is 0 Å². The van der Waals surface area contributed by atoms with Crippen molar-refractivity contribution in [3.8, 4) is 11.5 Å². The van der Waals surface area contributed by atoms with Gasteiger partial charge in [0.15, 0.2) is 0 Å². The van der Waals surface area contributed by atoms with E-state index in [0.717, 1.165) is 6.08 Å². The third-order valence-electron chi connectivity index (χ3n) is 2.95. The van der Waals surface area contributed by atoms with E-state index < -0.39 is 5.97 Å². The van der Waals surface area contributed by atoms with Crippen LogP contribution in [0.25, 0.3) is 0 Å². The van der Waals surface area contributed by atoms with Crippen molar-refractivity contribution in [1.29, 1.82) is 0 Å². The molecule has 0 heterocycles. The molecule has 0 aromatic heterocycles. The van der Waals surface area contributed by atoms with Gasteiger partial charge in [0.1, 0.15) is 11.5 Å². The van der Waals surface area contributed by atoms with Crippen LogP contribution in [0.15, 0.2) is 12.2 Å². The number of aromatic hydroxyl groups is 2. The highest BCUT2D eigenvalue weighted by molar-refractivity contribution is 5.79. The van der Waals surface area contributed by atoms with Crippen LogP contribution in [0.2, 0.25) is 0 Å². The van der Waals surface area contributed by atoms with Gasteiger partial charge < -0.3 is 15.3 Å². The minimum Gasteiger partial charge on any atom is -0.507 e. The number of hydrogen-bond donors (Lipinski definition) is 3. The van der Waals surface area contributed by atoms with Crippen LogP contribution in [-0.4, -0.2) is 21.3 Å². The molecule has 17 heavy (non-hydrogen) atoms. The summed E-state index contributed by atoms with van der Waals surface area (Å²) in [6.07, 6.45) is 2.74. The lowest BCUT2D eigenvalue weighted by Gasteiger charge is -2.14. The van der Waals surface area contributed by atoms with Crippen molar-refractivity contribution >= 4 is 5.97 Å². The third kappa shape index (κ3) is 2.58. The third-order valence-corrected chi connectivity index (χ3v) is 2.95. The Balaban J connectivity index is 3.20. The number of carbonyl (C=O) groups is 1. The van der Waals surface area contributed by atoms with E-state index in [4.69, 9.17) is 5.11 Å². The Labute approximate surface area is 99.8 Å². The van der Waals surface area contributed by atoms with Gasteiger partial charge in [0.05, 0.1) is 0 Å². The van der Waals surface area contributed by atoms with E-state index >= 15 is 0 Å². The summed E-state index contributed by atoms with van der Waals surface area (Å²) in [6.45, 7) is 5.15. The SMILES string of the molecule is Cc1c(C)c(O)c(C/C=C/C(=O)O)c(C)c1O. The summed E-state index contributed by atoms with van der Waals surface area (Å²) in [6, 6.07) is 0. The molecule has 0 saturated heterocycles. The average molecular weight is 236 g/mol. The molecule has 0 saturated carbocycles. The quantitative estimate of drug-likeness (QED) is 0.555. The molecule has 0 atom stereocenters. The summed E-state index contributed by atoms with van der Waals surface area (Å²) in [5, 5.41) is 28.3. The van der Waals surface area contributed by atoms with Crippen LogP contribution in [0.1, 0.15) is 22.3 Å². The van der Waals surface area contributed by atoms with E-state index in [1.165, 1.54) is 6.08 Å². The van der Waals surface area contributed by atoms with Crippen molar-refractivity contribution in [2.75, 3.05) is 0 Å². The van der Waals surface area contributed by atoms with E-state index in [2.05, 4.69) is 0 Å². The Bertz CT molecular complexity index is 458. The Kier molecular flexibility index (Phi) is 3.78. The second-order valence-electron chi connectivity index (χ2n) is 4.00. The first-order valence-electron chi connectivity index (χ1n) is 5.26. The topological polar surface area (TPSA) is 77.8 Å². The van der Waals surface area contributed by atoms with Gasteiger partial charge in [-0.05, 0) is 43.9 Å². The minimum atomic E-state index is -1.03. The number of phenolic OH excluding ortho intramolecular Hbond substituents is 2. The zero-order valence-corrected chi connectivity index (χ0v) is 10.1. The molecule has 0 fully saturated rings. The number of allylic oxidation sites excluding steroid dienone is 1. The van der Waals surface area contributed by atoms with E-state index in [1.54, 1.807) is 20.8 Å². The largest absolute Gasteiger partial charge is 0.507 e. The summed E-state index contributed by atoms with van der Waals surface area (Å²) in [7, 11) is 0. The smallest absolute Gasteiger partial charge is 0.327 e. The molecular weight excluding hydrogens is 220 g/mol. The summed E-state index contributed by atoms with van der Waals surface area (Å²) < 4.78 is 0. The average Bonchev–Trinajstić information content (AvgIpc) is 2.28. The first-order chi connectivity index (χ1) is 7.86. The highest BCUT2D eigenvalue weighted by atomic mass is 16.4. The maximum absolute atomic E-state index is 10.3. The fourth-order valence-corrected chi connectivity index (χ4v) is 1.71. The fourth-order valence-electron chi connectivity index (χ4n) is 1.71. The predicted octanol–water partition coefficient (Wildman–Crippen LogP) is 2.21. The number of benzene rings is 1. The van der Waals surface area contributed by atoms with Gasteiger partial charge in [-0.2, -0.15) is 0 Å². The molecule has 0 bridgehead atoms. The molecular formula is C13H16O4. The monoisotopic (exact) mass is 236 g/mol. The highest BCUT2D eigenvalue weighted by Crippen LogP contribution is 2.36. The van der Waals surface area contributed by atoms with Gasteiger partial charge in [0.25, 0.3) is 0 Å². The van der Waals surface area contributed by atoms with E-state index in [-0.39, 0.29) is 17.9 Å². The van der Waals surface area contributed by atoms with E-state index in [9.17, 15) is 15.0 Å². The molecule has 0 unspecified atom stereocenters. The predicted molar refractivity (Wildman–Crippen MR) is 64.5 cm³/mol. The van der Waals surface area contributed by atoms with Gasteiger partial charge in [0.2, 0.25) is 0 Å². The lowest BCUT2D eigenvalue weighted by Crippen LogP contribution is -1.96. The molecule has 1 aromatic rings. The molecule has 3 N–H and O–H groups in total. The van der Waals surface area contributed by atoms with Gasteiger partial charge in [0, 0.05) is 11.6 Å². The minimum absolute atomic E-state index is 0.118. The van der Waals surface area contributed by atoms with Gasteiger partial charge in [-0.3, -0.25) is 0 Å². The van der Waals surface area contributed by atoms with Crippen LogP contribution in [-0.2, 0) is 11.2 Å². The number of phenols is 2. The highest BCUT2D eigenvalue weighted by Gasteiger charge is 2.15. The second kappa shape index (κ2) is 4.91. The molecule has 0 amide bonds. The van der Waals surface area contributed by atoms with E-state index in [0.29, 0.717) is 22.3 Å². The second-order valence-corrected chi connectivity index (χ2v) is 4.00. The van der Waals surface area contributed by atoms with Crippen LogP contribution in [0, 0.1) is 20.8 Å². The zero-order chi connectivity index (χ0) is 13.2. The summed E-state index contributed by atoms with van der Waals surface area (Å²) >= 11 is 0. The summed E-state index contributed by atoms with van der Waals surface area (Å²) in [5.74, 6) is -0.762. The van der Waals surface area contributed by atoms with Crippen molar-refractivity contribution in [3.05, 3.63) is 34.4 Å². The molecule has 0 aliphatic heterocycles. The van der Waals surface area contributed by atoms with Gasteiger partial charge in [-0.1, -0.05) is 6.08 Å². The lowest BCUT2D eigenvalue weighted by atomic mass is 9.95. The van der Waals surface area contributed by atoms with Gasteiger partial charge >= 0.3 is 5.97 Å². The Hall–Kier alpha value is -1.97. The van der Waals surface area contributed by atoms with E-state index in [1.807, 2.05) is 0 Å². The molecule has 0 aliphatic carbocycles.